The lowest BCUT2D eigenvalue weighted by molar-refractivity contribution is -0.130. The molecular formula is C25H34N4O6. The predicted molar refractivity (Wildman–Crippen MR) is 128 cm³/mol. The lowest BCUT2D eigenvalue weighted by Crippen LogP contribution is -2.39. The molecule has 0 aliphatic carbocycles. The average Bonchev–Trinajstić information content (AvgIpc) is 2.92. The molecule has 0 atom stereocenters. The number of hydrogen-bond acceptors (Lipinski definition) is 6. The van der Waals surface area contributed by atoms with Gasteiger partial charge in [-0.25, -0.2) is 4.79 Å². The molecule has 2 aliphatic heterocycles. The van der Waals surface area contributed by atoms with Gasteiger partial charge < -0.3 is 19.9 Å². The number of imide groups is 1. The summed E-state index contributed by atoms with van der Waals surface area (Å²) >= 11 is 0. The van der Waals surface area contributed by atoms with Gasteiger partial charge in [-0.1, -0.05) is 0 Å². The van der Waals surface area contributed by atoms with E-state index < -0.39 is 11.7 Å². The highest BCUT2D eigenvalue weighted by Gasteiger charge is 2.37. The summed E-state index contributed by atoms with van der Waals surface area (Å²) < 4.78 is 5.16. The van der Waals surface area contributed by atoms with Gasteiger partial charge in [0.05, 0.1) is 11.1 Å². The molecule has 1 aromatic rings. The number of hydrogen-bond donors (Lipinski definition) is 1. The summed E-state index contributed by atoms with van der Waals surface area (Å²) in [6.07, 6.45) is 0.185. The van der Waals surface area contributed by atoms with Crippen molar-refractivity contribution in [2.24, 2.45) is 0 Å². The largest absolute Gasteiger partial charge is 0.444 e. The van der Waals surface area contributed by atoms with Crippen LogP contribution in [-0.2, 0) is 9.53 Å². The molecule has 1 N–H and O–H groups in total. The molecule has 0 aromatic heterocycles. The number of nitrogens with one attached hydrogen (secondary N) is 1. The number of rotatable bonds is 5. The van der Waals surface area contributed by atoms with E-state index >= 15 is 0 Å². The van der Waals surface area contributed by atoms with Crippen LogP contribution in [-0.4, -0.2) is 88.8 Å². The van der Waals surface area contributed by atoms with Gasteiger partial charge in [-0.15, -0.1) is 0 Å². The summed E-state index contributed by atoms with van der Waals surface area (Å²) in [5.74, 6) is -1.07. The van der Waals surface area contributed by atoms with Crippen molar-refractivity contribution in [3.05, 3.63) is 34.9 Å². The maximum absolute atomic E-state index is 13.1. The summed E-state index contributed by atoms with van der Waals surface area (Å²) in [5, 5.41) is 2.58. The van der Waals surface area contributed by atoms with Gasteiger partial charge >= 0.3 is 6.09 Å². The third-order valence-electron chi connectivity index (χ3n) is 5.82. The number of ether oxygens (including phenoxy) is 1. The Morgan fingerprint density at radius 3 is 2.26 bits per heavy atom. The number of nitrogens with zero attached hydrogens (tertiary/aromatic N) is 3. The van der Waals surface area contributed by atoms with Crippen molar-refractivity contribution in [3.63, 3.8) is 0 Å². The van der Waals surface area contributed by atoms with Crippen molar-refractivity contribution in [1.82, 2.24) is 20.0 Å². The minimum absolute atomic E-state index is 0.106. The molecule has 2 aliphatic rings. The van der Waals surface area contributed by atoms with Gasteiger partial charge in [-0.3, -0.25) is 24.1 Å². The Morgan fingerprint density at radius 1 is 0.971 bits per heavy atom. The van der Waals surface area contributed by atoms with Crippen LogP contribution in [0.15, 0.2) is 18.2 Å². The maximum Gasteiger partial charge on any atom is 0.407 e. The zero-order valence-electron chi connectivity index (χ0n) is 21.1. The third-order valence-corrected chi connectivity index (χ3v) is 5.82. The lowest BCUT2D eigenvalue weighted by Gasteiger charge is -2.23. The lowest BCUT2D eigenvalue weighted by atomic mass is 10.0. The molecule has 1 fully saturated rings. The fraction of sp³-hybridized carbons (Fsp3) is 0.560. The molecular weight excluding hydrogens is 452 g/mol. The summed E-state index contributed by atoms with van der Waals surface area (Å²) in [6, 6.07) is 4.34. The van der Waals surface area contributed by atoms with Gasteiger partial charge in [0, 0.05) is 50.7 Å². The van der Waals surface area contributed by atoms with E-state index in [1.807, 2.05) is 0 Å². The standard InChI is InChI=1S/C25H34N4O6/c1-16(2)29-22(32)18-8-7-17(15-19(18)23(29)33)21(31)28-12-6-11-27(13-14-28)20(30)9-10-26-24(34)35-25(3,4)5/h7-8,15-16H,6,9-14H2,1-5H3,(H,26,34). The Kier molecular flexibility index (Phi) is 7.82. The summed E-state index contributed by atoms with van der Waals surface area (Å²) in [6.45, 7) is 10.7. The van der Waals surface area contributed by atoms with Crippen LogP contribution < -0.4 is 5.32 Å². The minimum atomic E-state index is -0.607. The van der Waals surface area contributed by atoms with E-state index in [-0.39, 0.29) is 48.2 Å². The first-order valence-corrected chi connectivity index (χ1v) is 11.9. The van der Waals surface area contributed by atoms with Crippen LogP contribution in [0, 0.1) is 0 Å². The van der Waals surface area contributed by atoms with E-state index in [1.165, 1.54) is 17.0 Å². The van der Waals surface area contributed by atoms with E-state index in [0.29, 0.717) is 43.7 Å². The highest BCUT2D eigenvalue weighted by Crippen LogP contribution is 2.26. The zero-order chi connectivity index (χ0) is 25.9. The average molecular weight is 487 g/mol. The van der Waals surface area contributed by atoms with Crippen molar-refractivity contribution < 1.29 is 28.7 Å². The molecule has 0 bridgehead atoms. The topological polar surface area (TPSA) is 116 Å². The number of amides is 5. The molecule has 35 heavy (non-hydrogen) atoms. The van der Waals surface area contributed by atoms with Gasteiger partial charge in [0.15, 0.2) is 0 Å². The van der Waals surface area contributed by atoms with E-state index in [2.05, 4.69) is 5.32 Å². The van der Waals surface area contributed by atoms with E-state index in [1.54, 1.807) is 50.5 Å². The van der Waals surface area contributed by atoms with Gasteiger partial charge in [0.2, 0.25) is 5.91 Å². The van der Waals surface area contributed by atoms with E-state index in [4.69, 9.17) is 4.74 Å². The molecule has 10 heteroatoms. The number of fused-ring (bicyclic) bond motifs is 1. The maximum atomic E-state index is 13.1. The fourth-order valence-corrected chi connectivity index (χ4v) is 4.16. The first kappa shape index (κ1) is 26.2. The SMILES string of the molecule is CC(C)N1C(=O)c2ccc(C(=O)N3CCCN(C(=O)CCNC(=O)OC(C)(C)C)CC3)cc2C1=O. The van der Waals surface area contributed by atoms with Crippen molar-refractivity contribution in [2.45, 2.75) is 59.1 Å². The van der Waals surface area contributed by atoms with Crippen LogP contribution in [0.5, 0.6) is 0 Å². The second kappa shape index (κ2) is 10.5. The zero-order valence-corrected chi connectivity index (χ0v) is 21.1. The first-order chi connectivity index (χ1) is 16.4. The first-order valence-electron chi connectivity index (χ1n) is 11.9. The molecule has 1 saturated heterocycles. The molecule has 2 heterocycles. The van der Waals surface area contributed by atoms with Crippen LogP contribution in [0.1, 0.15) is 78.5 Å². The molecule has 10 nitrogen and oxygen atoms in total. The highest BCUT2D eigenvalue weighted by molar-refractivity contribution is 6.22. The highest BCUT2D eigenvalue weighted by atomic mass is 16.6. The van der Waals surface area contributed by atoms with Gasteiger partial charge in [-0.2, -0.15) is 0 Å². The second-order valence-electron chi connectivity index (χ2n) is 10.0. The molecule has 1 aromatic carbocycles. The normalized spacial score (nSPS) is 16.3. The third kappa shape index (κ3) is 6.17. The number of carbonyl (C=O) groups is 5. The van der Waals surface area contributed by atoms with Gasteiger partial charge in [0.25, 0.3) is 17.7 Å². The predicted octanol–water partition coefficient (Wildman–Crippen LogP) is 2.28. The second-order valence-corrected chi connectivity index (χ2v) is 10.0. The van der Waals surface area contributed by atoms with Crippen LogP contribution in [0.2, 0.25) is 0 Å². The van der Waals surface area contributed by atoms with Crippen molar-refractivity contribution >= 4 is 29.7 Å². The van der Waals surface area contributed by atoms with Crippen LogP contribution >= 0.6 is 0 Å². The van der Waals surface area contributed by atoms with Crippen LogP contribution in [0.4, 0.5) is 4.79 Å². The number of alkyl carbamates (subject to hydrolysis) is 1. The number of benzene rings is 1. The van der Waals surface area contributed by atoms with E-state index in [0.717, 1.165) is 0 Å². The van der Waals surface area contributed by atoms with Gasteiger partial charge in [-0.05, 0) is 59.2 Å². The smallest absolute Gasteiger partial charge is 0.407 e. The summed E-state index contributed by atoms with van der Waals surface area (Å²) in [4.78, 5) is 67.2. The molecule has 190 valence electrons. The van der Waals surface area contributed by atoms with Crippen LogP contribution in [0.3, 0.4) is 0 Å². The fourth-order valence-electron chi connectivity index (χ4n) is 4.16. The Morgan fingerprint density at radius 2 is 1.60 bits per heavy atom. The molecule has 5 amide bonds. The number of carbonyl (C=O) groups excluding carboxylic acids is 5. The molecule has 0 saturated carbocycles. The molecule has 0 unspecified atom stereocenters. The van der Waals surface area contributed by atoms with Crippen molar-refractivity contribution in [1.29, 1.82) is 0 Å². The van der Waals surface area contributed by atoms with Crippen LogP contribution in [0.25, 0.3) is 0 Å². The minimum Gasteiger partial charge on any atom is -0.444 e. The van der Waals surface area contributed by atoms with Crippen molar-refractivity contribution in [3.8, 4) is 0 Å². The molecule has 3 rings (SSSR count). The van der Waals surface area contributed by atoms with E-state index in [9.17, 15) is 24.0 Å². The molecule has 0 spiro atoms. The molecule has 0 radical (unpaired) electrons. The monoisotopic (exact) mass is 486 g/mol. The Bertz CT molecular complexity index is 1030. The summed E-state index contributed by atoms with van der Waals surface area (Å²) in [7, 11) is 0. The Labute approximate surface area is 205 Å². The quantitative estimate of drug-likeness (QED) is 0.639. The van der Waals surface area contributed by atoms with Gasteiger partial charge in [0.1, 0.15) is 5.60 Å². The summed E-state index contributed by atoms with van der Waals surface area (Å²) in [5.41, 5.74) is 0.299. The Balaban J connectivity index is 1.56. The van der Waals surface area contributed by atoms with Crippen molar-refractivity contribution in [2.75, 3.05) is 32.7 Å². The Hall–Kier alpha value is -3.43.